The molecule has 2 amide bonds. The van der Waals surface area contributed by atoms with Crippen LogP contribution in [-0.4, -0.2) is 57.3 Å². The van der Waals surface area contributed by atoms with Crippen molar-refractivity contribution in [2.24, 2.45) is 0 Å². The van der Waals surface area contributed by atoms with Gasteiger partial charge in [0.05, 0.1) is 24.0 Å². The lowest BCUT2D eigenvalue weighted by Gasteiger charge is -2.24. The van der Waals surface area contributed by atoms with Crippen LogP contribution in [0.3, 0.4) is 0 Å². The molecule has 1 aliphatic heterocycles. The van der Waals surface area contributed by atoms with Gasteiger partial charge in [0.15, 0.2) is 5.78 Å². The normalized spacial score (nSPS) is 18.4. The van der Waals surface area contributed by atoms with E-state index in [0.717, 1.165) is 11.3 Å². The Hall–Kier alpha value is -3.40. The number of hydrogen-bond donors (Lipinski definition) is 2. The summed E-state index contributed by atoms with van der Waals surface area (Å²) in [5.41, 5.74) is 1.35. The monoisotopic (exact) mass is 589 g/mol. The fraction of sp³-hybridized carbons (Fsp3) is 0.414. The number of carbonyl (C=O) groups excluding carboxylic acids is 3. The second-order valence-electron chi connectivity index (χ2n) is 10.3. The van der Waals surface area contributed by atoms with Crippen molar-refractivity contribution in [2.75, 3.05) is 13.2 Å². The van der Waals surface area contributed by atoms with Gasteiger partial charge in [-0.3, -0.25) is 18.9 Å². The summed E-state index contributed by atoms with van der Waals surface area (Å²) in [5.74, 6) is -1.89. The molecular weight excluding hydrogens is 555 g/mol. The van der Waals surface area contributed by atoms with E-state index in [1.54, 1.807) is 19.1 Å². The van der Waals surface area contributed by atoms with Crippen LogP contribution < -0.4 is 10.6 Å². The summed E-state index contributed by atoms with van der Waals surface area (Å²) in [6, 6.07) is 8.07. The Morgan fingerprint density at radius 2 is 1.98 bits per heavy atom. The van der Waals surface area contributed by atoms with Gasteiger partial charge in [-0.05, 0) is 38.0 Å². The third kappa shape index (κ3) is 6.74. The highest BCUT2D eigenvalue weighted by Crippen LogP contribution is 2.41. The number of carbonyl (C=O) groups is 3. The standard InChI is InChI=1S/C29H34F2N3O6P/c1-4-5-11-40-41(38,39)22-9-10-23-24(19(3)35)16-33(25(23)13-22)17-27(36)34-15-21(30)12-26(34)29(37)32-14-20-8-6-7-18(2)28(20)31/h6-10,13,16,21,26H,4-5,11-12,14-15,17H2,1-3H3,(H,32,37)(H,38,39)/t21-,26+/m1/s1. The number of ketones is 1. The first-order valence-electron chi connectivity index (χ1n) is 13.5. The highest BCUT2D eigenvalue weighted by Gasteiger charge is 2.40. The number of Topliss-reactive ketones (excluding diaryl/α,β-unsaturated/α-hetero) is 1. The maximum atomic E-state index is 14.5. The number of amides is 2. The lowest BCUT2D eigenvalue weighted by Crippen LogP contribution is -2.46. The summed E-state index contributed by atoms with van der Waals surface area (Å²) in [7, 11) is -4.16. The molecule has 0 bridgehead atoms. The number of nitrogens with zero attached hydrogens (tertiary/aromatic N) is 2. The largest absolute Gasteiger partial charge is 0.358 e. The Kier molecular flexibility index (Phi) is 9.41. The number of aromatic nitrogens is 1. The topological polar surface area (TPSA) is 118 Å². The second kappa shape index (κ2) is 12.6. The van der Waals surface area contributed by atoms with Crippen LogP contribution in [0.1, 0.15) is 54.6 Å². The van der Waals surface area contributed by atoms with Gasteiger partial charge in [0.2, 0.25) is 11.8 Å². The van der Waals surface area contributed by atoms with Crippen molar-refractivity contribution in [3.8, 4) is 0 Å². The van der Waals surface area contributed by atoms with Crippen molar-refractivity contribution >= 4 is 41.4 Å². The van der Waals surface area contributed by atoms with E-state index in [-0.39, 0.29) is 49.3 Å². The molecule has 1 unspecified atom stereocenters. The Balaban J connectivity index is 1.56. The number of fused-ring (bicyclic) bond motifs is 1. The molecule has 2 aromatic carbocycles. The smallest absolute Gasteiger partial charge is 0.350 e. The maximum Gasteiger partial charge on any atom is 0.358 e. The molecule has 1 aliphatic rings. The molecule has 0 saturated carbocycles. The van der Waals surface area contributed by atoms with Crippen LogP contribution in [0.2, 0.25) is 0 Å². The molecule has 0 spiro atoms. The molecule has 1 saturated heterocycles. The SMILES string of the molecule is CCCCOP(=O)(O)c1ccc2c(C(C)=O)cn(CC(=O)N3C[C@H](F)C[C@H]3C(=O)NCc3cccc(C)c3F)c2c1. The maximum absolute atomic E-state index is 14.5. The highest BCUT2D eigenvalue weighted by molar-refractivity contribution is 7.61. The first-order chi connectivity index (χ1) is 19.4. The summed E-state index contributed by atoms with van der Waals surface area (Å²) in [4.78, 5) is 50.3. The van der Waals surface area contributed by atoms with Gasteiger partial charge in [-0.1, -0.05) is 37.6 Å². The number of likely N-dealkylation sites (tertiary alicyclic amines) is 1. The van der Waals surface area contributed by atoms with Crippen molar-refractivity contribution in [2.45, 2.75) is 65.3 Å². The molecule has 12 heteroatoms. The van der Waals surface area contributed by atoms with Gasteiger partial charge in [0.1, 0.15) is 24.6 Å². The van der Waals surface area contributed by atoms with Crippen molar-refractivity contribution in [3.63, 3.8) is 0 Å². The minimum Gasteiger partial charge on any atom is -0.350 e. The molecule has 2 N–H and O–H groups in total. The molecule has 0 radical (unpaired) electrons. The summed E-state index contributed by atoms with van der Waals surface area (Å²) < 4.78 is 48.4. The Bertz CT molecular complexity index is 1520. The van der Waals surface area contributed by atoms with Gasteiger partial charge in [-0.15, -0.1) is 0 Å². The first-order valence-corrected chi connectivity index (χ1v) is 15.1. The molecule has 1 fully saturated rings. The molecule has 3 atom stereocenters. The van der Waals surface area contributed by atoms with E-state index in [1.807, 2.05) is 6.92 Å². The van der Waals surface area contributed by atoms with Crippen molar-refractivity contribution in [3.05, 3.63) is 65.1 Å². The number of hydrogen-bond acceptors (Lipinski definition) is 5. The van der Waals surface area contributed by atoms with Gasteiger partial charge < -0.3 is 24.2 Å². The van der Waals surface area contributed by atoms with E-state index in [1.165, 1.54) is 42.0 Å². The van der Waals surface area contributed by atoms with E-state index in [0.29, 0.717) is 28.5 Å². The lowest BCUT2D eigenvalue weighted by atomic mass is 10.1. The number of aryl methyl sites for hydroxylation is 1. The van der Waals surface area contributed by atoms with Crippen LogP contribution >= 0.6 is 7.60 Å². The predicted molar refractivity (Wildman–Crippen MR) is 150 cm³/mol. The molecule has 220 valence electrons. The summed E-state index contributed by atoms with van der Waals surface area (Å²) in [5, 5.41) is 3.09. The van der Waals surface area contributed by atoms with Crippen molar-refractivity contribution in [1.82, 2.24) is 14.8 Å². The summed E-state index contributed by atoms with van der Waals surface area (Å²) in [6.07, 6.45) is 1.22. The third-order valence-corrected chi connectivity index (χ3v) is 8.70. The molecular formula is C29H34F2N3O6P. The number of rotatable bonds is 11. The molecule has 0 aliphatic carbocycles. The van der Waals surface area contributed by atoms with Crippen molar-refractivity contribution in [1.29, 1.82) is 0 Å². The van der Waals surface area contributed by atoms with Gasteiger partial charge in [-0.2, -0.15) is 0 Å². The van der Waals surface area contributed by atoms with E-state index in [2.05, 4.69) is 5.32 Å². The molecule has 2 heterocycles. The fourth-order valence-corrected chi connectivity index (χ4v) is 6.04. The van der Waals surface area contributed by atoms with Crippen LogP contribution in [0.25, 0.3) is 10.9 Å². The minimum atomic E-state index is -4.16. The van der Waals surface area contributed by atoms with Crippen LogP contribution in [-0.2, 0) is 31.8 Å². The fourth-order valence-electron chi connectivity index (χ4n) is 4.96. The average Bonchev–Trinajstić information content (AvgIpc) is 3.50. The van der Waals surface area contributed by atoms with Crippen LogP contribution in [0, 0.1) is 12.7 Å². The van der Waals surface area contributed by atoms with Gasteiger partial charge in [-0.25, -0.2) is 8.78 Å². The van der Waals surface area contributed by atoms with E-state index < -0.39 is 37.4 Å². The van der Waals surface area contributed by atoms with Crippen LogP contribution in [0.5, 0.6) is 0 Å². The zero-order valence-electron chi connectivity index (χ0n) is 23.2. The van der Waals surface area contributed by atoms with Crippen LogP contribution in [0.15, 0.2) is 42.6 Å². The van der Waals surface area contributed by atoms with Gasteiger partial charge >= 0.3 is 7.60 Å². The highest BCUT2D eigenvalue weighted by atomic mass is 31.2. The number of halogens is 2. The quantitative estimate of drug-likeness (QED) is 0.197. The summed E-state index contributed by atoms with van der Waals surface area (Å²) in [6.45, 7) is 4.24. The summed E-state index contributed by atoms with van der Waals surface area (Å²) >= 11 is 0. The van der Waals surface area contributed by atoms with Crippen molar-refractivity contribution < 1.29 is 37.1 Å². The Morgan fingerprint density at radius 1 is 1.22 bits per heavy atom. The predicted octanol–water partition coefficient (Wildman–Crippen LogP) is 4.17. The number of alkyl halides is 1. The average molecular weight is 590 g/mol. The lowest BCUT2D eigenvalue weighted by molar-refractivity contribution is -0.139. The third-order valence-electron chi connectivity index (χ3n) is 7.24. The Labute approximate surface area is 237 Å². The van der Waals surface area contributed by atoms with Gasteiger partial charge in [0.25, 0.3) is 0 Å². The van der Waals surface area contributed by atoms with Crippen LogP contribution in [0.4, 0.5) is 8.78 Å². The molecule has 9 nitrogen and oxygen atoms in total. The van der Waals surface area contributed by atoms with E-state index in [4.69, 9.17) is 4.52 Å². The Morgan fingerprint density at radius 3 is 2.68 bits per heavy atom. The zero-order valence-corrected chi connectivity index (χ0v) is 24.1. The first kappa shape index (κ1) is 30.6. The molecule has 4 rings (SSSR count). The minimum absolute atomic E-state index is 0.00799. The number of nitrogens with one attached hydrogen (secondary N) is 1. The van der Waals surface area contributed by atoms with E-state index in [9.17, 15) is 32.6 Å². The number of benzene rings is 2. The van der Waals surface area contributed by atoms with Gasteiger partial charge in [0, 0.05) is 35.7 Å². The molecule has 41 heavy (non-hydrogen) atoms. The van der Waals surface area contributed by atoms with E-state index >= 15 is 0 Å². The zero-order chi connectivity index (χ0) is 29.9. The molecule has 1 aromatic heterocycles. The number of unbranched alkanes of at least 4 members (excludes halogenated alkanes) is 1. The molecule has 3 aromatic rings. The second-order valence-corrected chi connectivity index (χ2v) is 12.1.